The van der Waals surface area contributed by atoms with Crippen LogP contribution in [0.4, 0.5) is 0 Å². The third-order valence-corrected chi connectivity index (χ3v) is 2.05. The van der Waals surface area contributed by atoms with Gasteiger partial charge in [0.2, 0.25) is 0 Å². The number of rotatable bonds is 0. The average Bonchev–Trinajstić information content (AvgIpc) is 1.60. The van der Waals surface area contributed by atoms with Crippen molar-refractivity contribution in [1.29, 1.82) is 0 Å². The second kappa shape index (κ2) is 2.27. The van der Waals surface area contributed by atoms with Crippen molar-refractivity contribution in [3.05, 3.63) is 0 Å². The Balaban J connectivity index is 2.41. The van der Waals surface area contributed by atoms with Gasteiger partial charge in [0.25, 0.3) is 0 Å². The lowest BCUT2D eigenvalue weighted by molar-refractivity contribution is 0.292. The molecule has 1 aliphatic rings. The summed E-state index contributed by atoms with van der Waals surface area (Å²) < 4.78 is 0. The van der Waals surface area contributed by atoms with Crippen LogP contribution in [0.3, 0.4) is 0 Å². The monoisotopic (exact) mass is 128 g/mol. The molecule has 0 spiro atoms. The van der Waals surface area contributed by atoms with Crippen LogP contribution in [0.2, 0.25) is 0 Å². The first-order valence-electron chi connectivity index (χ1n) is 3.65. The van der Waals surface area contributed by atoms with E-state index in [0.717, 1.165) is 19.3 Å². The molecule has 54 valence electrons. The van der Waals surface area contributed by atoms with Gasteiger partial charge < -0.3 is 11.5 Å². The van der Waals surface area contributed by atoms with Crippen molar-refractivity contribution in [3.8, 4) is 0 Å². The molecule has 0 heterocycles. The van der Waals surface area contributed by atoms with Crippen molar-refractivity contribution >= 4 is 0 Å². The van der Waals surface area contributed by atoms with E-state index < -0.39 is 0 Å². The van der Waals surface area contributed by atoms with E-state index in [9.17, 15) is 0 Å². The van der Waals surface area contributed by atoms with Gasteiger partial charge in [0.1, 0.15) is 0 Å². The van der Waals surface area contributed by atoms with E-state index in [1.807, 2.05) is 0 Å². The molecule has 4 N–H and O–H groups in total. The lowest BCUT2D eigenvalue weighted by Gasteiger charge is -2.32. The fraction of sp³-hybridized carbons (Fsp3) is 1.00. The standard InChI is InChI=1S/C7H16N2/c1-7(9)4-2-3-6(8)5-7/h6H,2-5,8-9H2,1H3. The second-order valence-electron chi connectivity index (χ2n) is 3.51. The lowest BCUT2D eigenvalue weighted by Crippen LogP contribution is -2.45. The van der Waals surface area contributed by atoms with Crippen molar-refractivity contribution in [1.82, 2.24) is 0 Å². The van der Waals surface area contributed by atoms with Crippen LogP contribution in [-0.4, -0.2) is 11.6 Å². The van der Waals surface area contributed by atoms with Crippen molar-refractivity contribution < 1.29 is 0 Å². The SMILES string of the molecule is CC1(N)CCCC(N)C1. The van der Waals surface area contributed by atoms with Gasteiger partial charge in [-0.15, -0.1) is 0 Å². The second-order valence-corrected chi connectivity index (χ2v) is 3.51. The summed E-state index contributed by atoms with van der Waals surface area (Å²) in [5.41, 5.74) is 11.6. The third kappa shape index (κ3) is 1.95. The maximum Gasteiger partial charge on any atom is 0.0140 e. The molecule has 1 aliphatic carbocycles. The van der Waals surface area contributed by atoms with Crippen molar-refractivity contribution in [3.63, 3.8) is 0 Å². The van der Waals surface area contributed by atoms with Crippen LogP contribution in [0.5, 0.6) is 0 Å². The van der Waals surface area contributed by atoms with E-state index in [1.54, 1.807) is 0 Å². The molecule has 0 aromatic carbocycles. The topological polar surface area (TPSA) is 52.0 Å². The van der Waals surface area contributed by atoms with Gasteiger partial charge in [-0.3, -0.25) is 0 Å². The summed E-state index contributed by atoms with van der Waals surface area (Å²) >= 11 is 0. The normalized spacial score (nSPS) is 45.0. The highest BCUT2D eigenvalue weighted by atomic mass is 14.8. The number of nitrogens with two attached hydrogens (primary N) is 2. The molecule has 2 unspecified atom stereocenters. The molecule has 1 saturated carbocycles. The van der Waals surface area contributed by atoms with Gasteiger partial charge in [0, 0.05) is 11.6 Å². The predicted molar refractivity (Wildman–Crippen MR) is 39.0 cm³/mol. The minimum atomic E-state index is 0.0255. The van der Waals surface area contributed by atoms with E-state index in [1.165, 1.54) is 6.42 Å². The van der Waals surface area contributed by atoms with Crippen LogP contribution in [0.1, 0.15) is 32.6 Å². The van der Waals surface area contributed by atoms with Crippen LogP contribution >= 0.6 is 0 Å². The van der Waals surface area contributed by atoms with Gasteiger partial charge in [-0.1, -0.05) is 6.42 Å². The smallest absolute Gasteiger partial charge is 0.0140 e. The Morgan fingerprint density at radius 1 is 1.56 bits per heavy atom. The van der Waals surface area contributed by atoms with E-state index in [2.05, 4.69) is 6.92 Å². The molecule has 1 fully saturated rings. The summed E-state index contributed by atoms with van der Waals surface area (Å²) in [6.07, 6.45) is 4.49. The van der Waals surface area contributed by atoms with Crippen molar-refractivity contribution in [2.45, 2.75) is 44.2 Å². The van der Waals surface area contributed by atoms with Gasteiger partial charge >= 0.3 is 0 Å². The highest BCUT2D eigenvalue weighted by Gasteiger charge is 2.25. The maximum atomic E-state index is 5.89. The molecule has 0 saturated heterocycles. The largest absolute Gasteiger partial charge is 0.328 e. The first-order valence-corrected chi connectivity index (χ1v) is 3.65. The Kier molecular flexibility index (Phi) is 1.78. The molecule has 0 radical (unpaired) electrons. The Bertz CT molecular complexity index is 99.1. The van der Waals surface area contributed by atoms with Gasteiger partial charge in [-0.2, -0.15) is 0 Å². The van der Waals surface area contributed by atoms with Gasteiger partial charge in [0.15, 0.2) is 0 Å². The van der Waals surface area contributed by atoms with Crippen LogP contribution in [0, 0.1) is 0 Å². The Morgan fingerprint density at radius 2 is 2.22 bits per heavy atom. The summed E-state index contributed by atoms with van der Waals surface area (Å²) in [7, 11) is 0. The molecular formula is C7H16N2. The molecule has 0 bridgehead atoms. The van der Waals surface area contributed by atoms with Crippen LogP contribution in [0.25, 0.3) is 0 Å². The fourth-order valence-electron chi connectivity index (χ4n) is 1.57. The lowest BCUT2D eigenvalue weighted by atomic mass is 9.82. The molecule has 2 nitrogen and oxygen atoms in total. The minimum Gasteiger partial charge on any atom is -0.328 e. The van der Waals surface area contributed by atoms with Crippen molar-refractivity contribution in [2.24, 2.45) is 11.5 Å². The summed E-state index contributed by atoms with van der Waals surface area (Å²) in [6.45, 7) is 2.09. The first kappa shape index (κ1) is 7.03. The maximum absolute atomic E-state index is 5.89. The molecule has 0 amide bonds. The zero-order valence-electron chi connectivity index (χ0n) is 6.06. The fourth-order valence-corrected chi connectivity index (χ4v) is 1.57. The number of hydrogen-bond donors (Lipinski definition) is 2. The van der Waals surface area contributed by atoms with Crippen molar-refractivity contribution in [2.75, 3.05) is 0 Å². The Labute approximate surface area is 56.6 Å². The minimum absolute atomic E-state index is 0.0255. The summed E-state index contributed by atoms with van der Waals surface area (Å²) in [5, 5.41) is 0. The first-order chi connectivity index (χ1) is 4.10. The summed E-state index contributed by atoms with van der Waals surface area (Å²) in [4.78, 5) is 0. The van der Waals surface area contributed by atoms with E-state index in [4.69, 9.17) is 11.5 Å². The van der Waals surface area contributed by atoms with Crippen LogP contribution < -0.4 is 11.5 Å². The average molecular weight is 128 g/mol. The Morgan fingerprint density at radius 3 is 2.56 bits per heavy atom. The van der Waals surface area contributed by atoms with E-state index in [-0.39, 0.29) is 5.54 Å². The van der Waals surface area contributed by atoms with E-state index >= 15 is 0 Å². The zero-order valence-corrected chi connectivity index (χ0v) is 6.06. The highest BCUT2D eigenvalue weighted by Crippen LogP contribution is 2.23. The molecule has 0 aromatic heterocycles. The summed E-state index contributed by atoms with van der Waals surface area (Å²) in [5.74, 6) is 0. The predicted octanol–water partition coefficient (Wildman–Crippen LogP) is 0.605. The van der Waals surface area contributed by atoms with Gasteiger partial charge in [0.05, 0.1) is 0 Å². The molecule has 0 aromatic rings. The molecular weight excluding hydrogens is 112 g/mol. The molecule has 9 heavy (non-hydrogen) atoms. The molecule has 0 aliphatic heterocycles. The van der Waals surface area contributed by atoms with Gasteiger partial charge in [-0.05, 0) is 26.2 Å². The summed E-state index contributed by atoms with van der Waals surface area (Å²) in [6, 6.07) is 0.355. The third-order valence-electron chi connectivity index (χ3n) is 2.05. The van der Waals surface area contributed by atoms with E-state index in [0.29, 0.717) is 6.04 Å². The number of hydrogen-bond acceptors (Lipinski definition) is 2. The molecule has 2 atom stereocenters. The zero-order chi connectivity index (χ0) is 6.91. The van der Waals surface area contributed by atoms with Crippen LogP contribution in [0.15, 0.2) is 0 Å². The quantitative estimate of drug-likeness (QED) is 0.502. The Hall–Kier alpha value is -0.0800. The molecule has 1 rings (SSSR count). The highest BCUT2D eigenvalue weighted by molar-refractivity contribution is 4.87. The van der Waals surface area contributed by atoms with Gasteiger partial charge in [-0.25, -0.2) is 0 Å². The van der Waals surface area contributed by atoms with Crippen LogP contribution in [-0.2, 0) is 0 Å². The molecule has 2 heteroatoms.